The van der Waals surface area contributed by atoms with Gasteiger partial charge in [0, 0.05) is 38.4 Å². The molecule has 10 nitrogen and oxygen atoms in total. The molecule has 1 aliphatic rings. The highest BCUT2D eigenvalue weighted by molar-refractivity contribution is 7.80. The first-order valence-corrected chi connectivity index (χ1v) is 10.4. The molecule has 3 rings (SSSR count). The monoisotopic (exact) mass is 445 g/mol. The molecule has 0 amide bonds. The van der Waals surface area contributed by atoms with Crippen LogP contribution in [0.2, 0.25) is 0 Å². The van der Waals surface area contributed by atoms with Crippen molar-refractivity contribution in [3.05, 3.63) is 40.6 Å². The van der Waals surface area contributed by atoms with Crippen LogP contribution in [0.3, 0.4) is 0 Å². The van der Waals surface area contributed by atoms with Gasteiger partial charge in [-0.3, -0.25) is 10.1 Å². The van der Waals surface area contributed by atoms with Crippen LogP contribution in [-0.2, 0) is 0 Å². The molecule has 0 bridgehead atoms. The fraction of sp³-hybridized carbons (Fsp3) is 0.450. The van der Waals surface area contributed by atoms with Crippen molar-refractivity contribution in [2.75, 3.05) is 36.7 Å². The Balaban J connectivity index is 1.49. The minimum Gasteiger partial charge on any atom is -0.494 e. The summed E-state index contributed by atoms with van der Waals surface area (Å²) in [6, 6.07) is 6.81. The summed E-state index contributed by atoms with van der Waals surface area (Å²) >= 11 is 5.43. The van der Waals surface area contributed by atoms with E-state index in [0.717, 1.165) is 31.5 Å². The molecule has 11 heteroatoms. The number of anilines is 3. The number of hydrogen-bond acceptors (Lipinski definition) is 8. The zero-order valence-electron chi connectivity index (χ0n) is 17.8. The van der Waals surface area contributed by atoms with Gasteiger partial charge in [0.25, 0.3) is 5.69 Å². The van der Waals surface area contributed by atoms with Crippen LogP contribution in [-0.4, -0.2) is 53.3 Å². The SMILES string of the molecule is COc1cc([N+](=O)[O-])ccc1NC(=S)N[C@H]1CC[C@@H](Nc2nccc(N(C)C)n2)CC1. The number of hydrogen-bond donors (Lipinski definition) is 3. The minimum absolute atomic E-state index is 0.0350. The van der Waals surface area contributed by atoms with Crippen LogP contribution >= 0.6 is 12.2 Å². The van der Waals surface area contributed by atoms with Crippen LogP contribution in [0, 0.1) is 10.1 Å². The molecule has 166 valence electrons. The van der Waals surface area contributed by atoms with E-state index in [1.807, 2.05) is 25.1 Å². The highest BCUT2D eigenvalue weighted by atomic mass is 32.1. The first-order chi connectivity index (χ1) is 14.9. The van der Waals surface area contributed by atoms with Crippen molar-refractivity contribution in [1.82, 2.24) is 15.3 Å². The van der Waals surface area contributed by atoms with E-state index in [2.05, 4.69) is 25.9 Å². The lowest BCUT2D eigenvalue weighted by Crippen LogP contribution is -2.42. The Morgan fingerprint density at radius 2 is 1.94 bits per heavy atom. The molecule has 0 unspecified atom stereocenters. The van der Waals surface area contributed by atoms with Crippen molar-refractivity contribution >= 4 is 40.5 Å². The molecule has 1 saturated carbocycles. The van der Waals surface area contributed by atoms with Gasteiger partial charge in [0.15, 0.2) is 5.11 Å². The third-order valence-corrected chi connectivity index (χ3v) is 5.36. The molecule has 0 saturated heterocycles. The van der Waals surface area contributed by atoms with Crippen LogP contribution in [0.25, 0.3) is 0 Å². The third kappa shape index (κ3) is 6.14. The van der Waals surface area contributed by atoms with Crippen LogP contribution in [0.15, 0.2) is 30.5 Å². The van der Waals surface area contributed by atoms with E-state index in [0.29, 0.717) is 28.5 Å². The predicted octanol–water partition coefficient (Wildman–Crippen LogP) is 3.17. The fourth-order valence-electron chi connectivity index (χ4n) is 3.47. The van der Waals surface area contributed by atoms with E-state index in [1.54, 1.807) is 12.3 Å². The number of ether oxygens (including phenoxy) is 1. The summed E-state index contributed by atoms with van der Waals surface area (Å²) in [5, 5.41) is 21.2. The minimum atomic E-state index is -0.461. The van der Waals surface area contributed by atoms with E-state index in [1.165, 1.54) is 19.2 Å². The third-order valence-electron chi connectivity index (χ3n) is 5.14. The Bertz CT molecular complexity index is 933. The summed E-state index contributed by atoms with van der Waals surface area (Å²) in [6.45, 7) is 0. The Morgan fingerprint density at radius 1 is 1.23 bits per heavy atom. The van der Waals surface area contributed by atoms with Gasteiger partial charge >= 0.3 is 0 Å². The topological polar surface area (TPSA) is 117 Å². The molecular weight excluding hydrogens is 418 g/mol. The first-order valence-electron chi connectivity index (χ1n) is 10.0. The van der Waals surface area contributed by atoms with Gasteiger partial charge in [-0.25, -0.2) is 4.98 Å². The van der Waals surface area contributed by atoms with Gasteiger partial charge in [0.05, 0.1) is 23.8 Å². The van der Waals surface area contributed by atoms with Crippen molar-refractivity contribution in [1.29, 1.82) is 0 Å². The molecule has 1 aromatic carbocycles. The highest BCUT2D eigenvalue weighted by Gasteiger charge is 2.22. The van der Waals surface area contributed by atoms with Crippen LogP contribution in [0.4, 0.5) is 23.1 Å². The molecule has 0 aliphatic heterocycles. The second kappa shape index (κ2) is 10.2. The van der Waals surface area contributed by atoms with Crippen LogP contribution in [0.1, 0.15) is 25.7 Å². The molecule has 0 spiro atoms. The van der Waals surface area contributed by atoms with Crippen molar-refractivity contribution in [2.24, 2.45) is 0 Å². The summed E-state index contributed by atoms with van der Waals surface area (Å²) in [5.74, 6) is 1.88. The zero-order chi connectivity index (χ0) is 22.4. The molecule has 31 heavy (non-hydrogen) atoms. The number of aromatic nitrogens is 2. The maximum atomic E-state index is 10.9. The average Bonchev–Trinajstić information content (AvgIpc) is 2.75. The number of thiocarbonyl (C=S) groups is 1. The lowest BCUT2D eigenvalue weighted by Gasteiger charge is -2.30. The van der Waals surface area contributed by atoms with Crippen LogP contribution < -0.4 is 25.6 Å². The molecular formula is C20H27N7O3S. The molecule has 3 N–H and O–H groups in total. The number of nitrogens with zero attached hydrogens (tertiary/aromatic N) is 4. The van der Waals surface area contributed by atoms with Crippen molar-refractivity contribution in [3.63, 3.8) is 0 Å². The molecule has 2 aromatic rings. The second-order valence-electron chi connectivity index (χ2n) is 7.57. The van der Waals surface area contributed by atoms with Gasteiger partial charge < -0.3 is 25.6 Å². The van der Waals surface area contributed by atoms with Gasteiger partial charge in [-0.05, 0) is 50.0 Å². The Kier molecular flexibility index (Phi) is 7.40. The smallest absolute Gasteiger partial charge is 0.273 e. The summed E-state index contributed by atoms with van der Waals surface area (Å²) in [4.78, 5) is 21.2. The van der Waals surface area contributed by atoms with E-state index >= 15 is 0 Å². The highest BCUT2D eigenvalue weighted by Crippen LogP contribution is 2.29. The van der Waals surface area contributed by atoms with Crippen molar-refractivity contribution in [2.45, 2.75) is 37.8 Å². The number of rotatable bonds is 7. The van der Waals surface area contributed by atoms with Crippen molar-refractivity contribution < 1.29 is 9.66 Å². The van der Waals surface area contributed by atoms with Gasteiger partial charge in [-0.15, -0.1) is 0 Å². The normalized spacial score (nSPS) is 18.0. The van der Waals surface area contributed by atoms with Gasteiger partial charge in [-0.2, -0.15) is 4.98 Å². The van der Waals surface area contributed by atoms with E-state index in [4.69, 9.17) is 17.0 Å². The quantitative estimate of drug-likeness (QED) is 0.333. The standard InChI is InChI=1S/C20H27N7O3S/c1-26(2)18-10-11-21-19(25-18)22-13-4-6-14(7-5-13)23-20(31)24-16-9-8-15(27(28)29)12-17(16)30-3/h8-14H,4-7H2,1-3H3,(H,21,22,25)(H2,23,24,31)/t13-,14+. The number of nitro groups is 1. The average molecular weight is 446 g/mol. The molecule has 1 heterocycles. The number of nitro benzene ring substituents is 1. The fourth-order valence-corrected chi connectivity index (χ4v) is 3.75. The van der Waals surface area contributed by atoms with Gasteiger partial charge in [0.2, 0.25) is 5.95 Å². The zero-order valence-corrected chi connectivity index (χ0v) is 18.6. The maximum absolute atomic E-state index is 10.9. The predicted molar refractivity (Wildman–Crippen MR) is 125 cm³/mol. The van der Waals surface area contributed by atoms with Gasteiger partial charge in [-0.1, -0.05) is 0 Å². The summed E-state index contributed by atoms with van der Waals surface area (Å²) in [6.07, 6.45) is 5.59. The molecule has 0 atom stereocenters. The number of methoxy groups -OCH3 is 1. The largest absolute Gasteiger partial charge is 0.494 e. The van der Waals surface area contributed by atoms with Gasteiger partial charge in [0.1, 0.15) is 11.6 Å². The number of nitrogens with one attached hydrogen (secondary N) is 3. The van der Waals surface area contributed by atoms with E-state index in [-0.39, 0.29) is 11.7 Å². The Hall–Kier alpha value is -3.21. The Morgan fingerprint density at radius 3 is 2.58 bits per heavy atom. The summed E-state index contributed by atoms with van der Waals surface area (Å²) in [7, 11) is 5.37. The van der Waals surface area contributed by atoms with E-state index in [9.17, 15) is 10.1 Å². The maximum Gasteiger partial charge on any atom is 0.273 e. The van der Waals surface area contributed by atoms with Crippen molar-refractivity contribution in [3.8, 4) is 5.75 Å². The molecule has 1 fully saturated rings. The van der Waals surface area contributed by atoms with E-state index < -0.39 is 4.92 Å². The summed E-state index contributed by atoms with van der Waals surface area (Å²) < 4.78 is 5.24. The number of non-ortho nitro benzene ring substituents is 1. The number of benzene rings is 1. The lowest BCUT2D eigenvalue weighted by atomic mass is 9.91. The summed E-state index contributed by atoms with van der Waals surface area (Å²) in [5.41, 5.74) is 0.547. The Labute approximate surface area is 186 Å². The van der Waals surface area contributed by atoms with Crippen LogP contribution in [0.5, 0.6) is 5.75 Å². The lowest BCUT2D eigenvalue weighted by molar-refractivity contribution is -0.384. The first kappa shape index (κ1) is 22.5. The second-order valence-corrected chi connectivity index (χ2v) is 7.97. The molecule has 1 aliphatic carbocycles. The molecule has 1 aromatic heterocycles. The molecule has 0 radical (unpaired) electrons.